The van der Waals surface area contributed by atoms with Gasteiger partial charge in [0.2, 0.25) is 0 Å². The highest BCUT2D eigenvalue weighted by Gasteiger charge is 2.09. The SMILES string of the molecule is Cc1nc2ncnc-2cn1Cc1ccccc1. The van der Waals surface area contributed by atoms with Crippen LogP contribution in [0.25, 0.3) is 11.5 Å². The Morgan fingerprint density at radius 2 is 1.94 bits per heavy atom. The Hall–Kier alpha value is -2.23. The minimum Gasteiger partial charge on any atom is -0.330 e. The fourth-order valence-corrected chi connectivity index (χ4v) is 1.85. The van der Waals surface area contributed by atoms with Crippen LogP contribution < -0.4 is 0 Å². The van der Waals surface area contributed by atoms with Crippen molar-refractivity contribution in [3.8, 4) is 11.5 Å². The molecule has 0 bridgehead atoms. The summed E-state index contributed by atoms with van der Waals surface area (Å²) in [6.45, 7) is 2.79. The summed E-state index contributed by atoms with van der Waals surface area (Å²) in [5.41, 5.74) is 2.09. The van der Waals surface area contributed by atoms with E-state index in [2.05, 4.69) is 31.7 Å². The van der Waals surface area contributed by atoms with Crippen LogP contribution in [0.4, 0.5) is 0 Å². The lowest BCUT2D eigenvalue weighted by atomic mass is 10.2. The van der Waals surface area contributed by atoms with Gasteiger partial charge in [0.25, 0.3) is 0 Å². The van der Waals surface area contributed by atoms with Crippen LogP contribution in [0.15, 0.2) is 42.9 Å². The molecule has 2 aliphatic heterocycles. The molecule has 2 aliphatic rings. The zero-order chi connectivity index (χ0) is 11.7. The number of hydrogen-bond acceptors (Lipinski definition) is 3. The Labute approximate surface area is 99.3 Å². The normalized spacial score (nSPS) is 10.9. The predicted octanol–water partition coefficient (Wildman–Crippen LogP) is 2.13. The topological polar surface area (TPSA) is 43.6 Å². The van der Waals surface area contributed by atoms with E-state index in [1.54, 1.807) is 6.33 Å². The second-order valence-corrected chi connectivity index (χ2v) is 3.98. The van der Waals surface area contributed by atoms with Crippen LogP contribution in [-0.2, 0) is 6.54 Å². The van der Waals surface area contributed by atoms with Crippen molar-refractivity contribution in [2.24, 2.45) is 0 Å². The molecule has 1 aromatic carbocycles. The number of aryl methyl sites for hydroxylation is 1. The first-order valence-electron chi connectivity index (χ1n) is 5.51. The smallest absolute Gasteiger partial charge is 0.182 e. The van der Waals surface area contributed by atoms with Gasteiger partial charge in [0.05, 0.1) is 0 Å². The fraction of sp³-hybridized carbons (Fsp3) is 0.154. The Kier molecular flexibility index (Phi) is 2.33. The third-order valence-electron chi connectivity index (χ3n) is 2.76. The molecule has 0 atom stereocenters. The van der Waals surface area contributed by atoms with E-state index in [1.165, 1.54) is 5.56 Å². The summed E-state index contributed by atoms with van der Waals surface area (Å²) in [5.74, 6) is 1.66. The molecule has 4 nitrogen and oxygen atoms in total. The van der Waals surface area contributed by atoms with E-state index in [0.717, 1.165) is 18.1 Å². The van der Waals surface area contributed by atoms with E-state index in [4.69, 9.17) is 0 Å². The monoisotopic (exact) mass is 224 g/mol. The third kappa shape index (κ3) is 1.89. The minimum absolute atomic E-state index is 0.715. The van der Waals surface area contributed by atoms with Crippen LogP contribution in [0, 0.1) is 6.92 Å². The van der Waals surface area contributed by atoms with Gasteiger partial charge in [0.1, 0.15) is 17.8 Å². The molecular formula is C13H12N4. The molecule has 4 heteroatoms. The molecule has 0 saturated carbocycles. The van der Waals surface area contributed by atoms with E-state index < -0.39 is 0 Å². The number of aromatic nitrogens is 4. The van der Waals surface area contributed by atoms with Gasteiger partial charge in [0, 0.05) is 12.7 Å². The number of fused-ring (bicyclic) bond motifs is 1. The summed E-state index contributed by atoms with van der Waals surface area (Å²) >= 11 is 0. The maximum atomic E-state index is 4.42. The van der Waals surface area contributed by atoms with Gasteiger partial charge in [-0.3, -0.25) is 0 Å². The van der Waals surface area contributed by atoms with Crippen molar-refractivity contribution in [3.63, 3.8) is 0 Å². The standard InChI is InChI=1S/C13H12N4/c1-10-16-13-12(14-9-15-13)8-17(10)7-11-5-3-2-4-6-11/h2-6,8-9H,7H2,1H3. The minimum atomic E-state index is 0.715. The largest absolute Gasteiger partial charge is 0.330 e. The van der Waals surface area contributed by atoms with Gasteiger partial charge in [-0.15, -0.1) is 0 Å². The van der Waals surface area contributed by atoms with Crippen LogP contribution in [0.1, 0.15) is 11.4 Å². The average molecular weight is 224 g/mol. The lowest BCUT2D eigenvalue weighted by molar-refractivity contribution is 0.726. The van der Waals surface area contributed by atoms with Gasteiger partial charge in [0.15, 0.2) is 5.82 Å². The van der Waals surface area contributed by atoms with Gasteiger partial charge >= 0.3 is 0 Å². The molecule has 0 N–H and O–H groups in total. The first-order valence-corrected chi connectivity index (χ1v) is 5.51. The highest BCUT2D eigenvalue weighted by atomic mass is 15.1. The Morgan fingerprint density at radius 3 is 2.76 bits per heavy atom. The van der Waals surface area contributed by atoms with Crippen LogP contribution in [0.3, 0.4) is 0 Å². The molecule has 3 rings (SSSR count). The Morgan fingerprint density at radius 1 is 1.12 bits per heavy atom. The summed E-state index contributed by atoms with van der Waals surface area (Å²) in [7, 11) is 0. The van der Waals surface area contributed by atoms with Crippen molar-refractivity contribution in [1.29, 1.82) is 0 Å². The van der Waals surface area contributed by atoms with Gasteiger partial charge in [-0.1, -0.05) is 30.3 Å². The van der Waals surface area contributed by atoms with E-state index in [-0.39, 0.29) is 0 Å². The number of imidazole rings is 1. The van der Waals surface area contributed by atoms with Gasteiger partial charge < -0.3 is 4.57 Å². The summed E-state index contributed by atoms with van der Waals surface area (Å²) in [6, 6.07) is 10.3. The van der Waals surface area contributed by atoms with Crippen molar-refractivity contribution in [1.82, 2.24) is 19.5 Å². The Bertz CT molecular complexity index is 600. The molecule has 0 aliphatic carbocycles. The highest BCUT2D eigenvalue weighted by molar-refractivity contribution is 5.48. The van der Waals surface area contributed by atoms with Crippen LogP contribution in [0.5, 0.6) is 0 Å². The first-order chi connectivity index (χ1) is 8.33. The van der Waals surface area contributed by atoms with E-state index in [9.17, 15) is 0 Å². The summed E-state index contributed by atoms with van der Waals surface area (Å²) in [5, 5.41) is 0. The quantitative estimate of drug-likeness (QED) is 0.669. The zero-order valence-electron chi connectivity index (χ0n) is 9.54. The summed E-state index contributed by atoms with van der Waals surface area (Å²) < 4.78 is 2.09. The molecule has 0 amide bonds. The van der Waals surface area contributed by atoms with Crippen LogP contribution in [0.2, 0.25) is 0 Å². The molecule has 0 saturated heterocycles. The average Bonchev–Trinajstić information content (AvgIpc) is 2.78. The fourth-order valence-electron chi connectivity index (χ4n) is 1.85. The molecule has 0 aromatic heterocycles. The van der Waals surface area contributed by atoms with Crippen molar-refractivity contribution >= 4 is 0 Å². The molecule has 0 spiro atoms. The lowest BCUT2D eigenvalue weighted by Crippen LogP contribution is -2.08. The van der Waals surface area contributed by atoms with E-state index in [1.807, 2.05) is 31.3 Å². The molecular weight excluding hydrogens is 212 g/mol. The van der Waals surface area contributed by atoms with E-state index >= 15 is 0 Å². The second kappa shape index (κ2) is 3.97. The molecule has 2 heterocycles. The maximum Gasteiger partial charge on any atom is 0.182 e. The van der Waals surface area contributed by atoms with Gasteiger partial charge in [-0.05, 0) is 12.5 Å². The van der Waals surface area contributed by atoms with E-state index in [0.29, 0.717) is 5.82 Å². The molecule has 1 aromatic rings. The predicted molar refractivity (Wildman–Crippen MR) is 64.7 cm³/mol. The number of benzene rings is 1. The third-order valence-corrected chi connectivity index (χ3v) is 2.76. The van der Waals surface area contributed by atoms with Crippen molar-refractivity contribution in [3.05, 3.63) is 54.2 Å². The first kappa shape index (κ1) is 9.96. The Balaban J connectivity index is 2.01. The highest BCUT2D eigenvalue weighted by Crippen LogP contribution is 2.15. The zero-order valence-corrected chi connectivity index (χ0v) is 9.54. The van der Waals surface area contributed by atoms with Gasteiger partial charge in [-0.2, -0.15) is 0 Å². The molecule has 84 valence electrons. The molecule has 17 heavy (non-hydrogen) atoms. The van der Waals surface area contributed by atoms with Crippen molar-refractivity contribution < 1.29 is 0 Å². The van der Waals surface area contributed by atoms with Crippen molar-refractivity contribution in [2.45, 2.75) is 13.5 Å². The molecule has 0 radical (unpaired) electrons. The number of nitrogens with zero attached hydrogens (tertiary/aromatic N) is 4. The molecule has 0 fully saturated rings. The second-order valence-electron chi connectivity index (χ2n) is 3.98. The van der Waals surface area contributed by atoms with Crippen LogP contribution in [-0.4, -0.2) is 19.5 Å². The lowest BCUT2D eigenvalue weighted by Gasteiger charge is -2.11. The summed E-state index contributed by atoms with van der Waals surface area (Å²) in [4.78, 5) is 12.7. The van der Waals surface area contributed by atoms with Gasteiger partial charge in [-0.25, -0.2) is 15.0 Å². The molecule has 0 unspecified atom stereocenters. The number of hydrogen-bond donors (Lipinski definition) is 0. The maximum absolute atomic E-state index is 4.42. The van der Waals surface area contributed by atoms with Crippen LogP contribution >= 0.6 is 0 Å². The van der Waals surface area contributed by atoms with Crippen molar-refractivity contribution in [2.75, 3.05) is 0 Å². The summed E-state index contributed by atoms with van der Waals surface area (Å²) in [6.07, 6.45) is 3.54. The number of rotatable bonds is 2.